The van der Waals surface area contributed by atoms with Crippen molar-refractivity contribution in [3.05, 3.63) is 48.2 Å². The number of pyridine rings is 1. The van der Waals surface area contributed by atoms with Crippen LogP contribution in [0.2, 0.25) is 0 Å². The Balaban J connectivity index is 2.03. The molecule has 1 aromatic carbocycles. The van der Waals surface area contributed by atoms with Crippen LogP contribution >= 0.6 is 0 Å². The van der Waals surface area contributed by atoms with Gasteiger partial charge in [-0.2, -0.15) is 0 Å². The molecule has 1 aliphatic heterocycles. The molecular weight excluding hydrogens is 342 g/mol. The summed E-state index contributed by atoms with van der Waals surface area (Å²) in [7, 11) is -3.81. The molecule has 8 heteroatoms. The van der Waals surface area contributed by atoms with Crippen molar-refractivity contribution >= 4 is 22.3 Å². The van der Waals surface area contributed by atoms with Crippen molar-refractivity contribution in [3.8, 4) is 17.0 Å². The molecule has 2 N–H and O–H groups in total. The van der Waals surface area contributed by atoms with Crippen molar-refractivity contribution in [3.63, 3.8) is 0 Å². The number of hydrogen-bond donors (Lipinski definition) is 2. The van der Waals surface area contributed by atoms with Gasteiger partial charge in [-0.25, -0.2) is 13.1 Å². The SMILES string of the molecule is CC(O)CNS(=O)(=O)c1cccnc1-c1ccc2c(c1)C=CC=NO2. The number of benzene rings is 1. The molecule has 1 atom stereocenters. The molecule has 0 saturated carbocycles. The summed E-state index contributed by atoms with van der Waals surface area (Å²) in [6.45, 7) is 1.43. The van der Waals surface area contributed by atoms with Crippen molar-refractivity contribution in [2.45, 2.75) is 17.9 Å². The van der Waals surface area contributed by atoms with Crippen LogP contribution in [0.3, 0.4) is 0 Å². The minimum Gasteiger partial charge on any atom is -0.392 e. The predicted molar refractivity (Wildman–Crippen MR) is 94.7 cm³/mol. The first-order chi connectivity index (χ1) is 12.0. The molecule has 0 fully saturated rings. The minimum absolute atomic E-state index is 0.0466. The summed E-state index contributed by atoms with van der Waals surface area (Å²) >= 11 is 0. The van der Waals surface area contributed by atoms with Gasteiger partial charge in [0, 0.05) is 23.9 Å². The van der Waals surface area contributed by atoms with Crippen molar-refractivity contribution in [2.24, 2.45) is 5.16 Å². The molecule has 0 amide bonds. The molecule has 1 aromatic heterocycles. The standard InChI is InChI=1S/C17H17N3O4S/c1-12(21)11-20-25(22,23)16-5-3-8-18-17(16)14-6-7-15-13(10-14)4-2-9-19-24-15/h2-10,12,20-21H,11H2,1H3. The van der Waals surface area contributed by atoms with Gasteiger partial charge in [0.2, 0.25) is 10.0 Å². The van der Waals surface area contributed by atoms with Crippen molar-refractivity contribution in [1.82, 2.24) is 9.71 Å². The van der Waals surface area contributed by atoms with Crippen molar-refractivity contribution in [2.75, 3.05) is 6.54 Å². The average Bonchev–Trinajstić information content (AvgIpc) is 2.85. The number of nitrogens with zero attached hydrogens (tertiary/aromatic N) is 2. The summed E-state index contributed by atoms with van der Waals surface area (Å²) in [5, 5.41) is 13.1. The van der Waals surface area contributed by atoms with Crippen LogP contribution in [0.5, 0.6) is 5.75 Å². The maximum absolute atomic E-state index is 12.6. The molecule has 1 aliphatic rings. The fourth-order valence-corrected chi connectivity index (χ4v) is 3.61. The molecule has 0 spiro atoms. The third kappa shape index (κ3) is 3.93. The summed E-state index contributed by atoms with van der Waals surface area (Å²) in [4.78, 5) is 9.51. The van der Waals surface area contributed by atoms with E-state index in [2.05, 4.69) is 14.9 Å². The molecule has 0 aliphatic carbocycles. The van der Waals surface area contributed by atoms with E-state index < -0.39 is 16.1 Å². The lowest BCUT2D eigenvalue weighted by Crippen LogP contribution is -2.31. The molecule has 130 valence electrons. The number of rotatable bonds is 5. The molecule has 7 nitrogen and oxygen atoms in total. The van der Waals surface area contributed by atoms with Gasteiger partial charge in [-0.3, -0.25) is 4.98 Å². The summed E-state index contributed by atoms with van der Waals surface area (Å²) in [6.07, 6.45) is 5.82. The number of nitrogens with one attached hydrogen (secondary N) is 1. The smallest absolute Gasteiger partial charge is 0.242 e. The molecule has 3 rings (SSSR count). The van der Waals surface area contributed by atoms with Gasteiger partial charge >= 0.3 is 0 Å². The number of sulfonamides is 1. The Hall–Kier alpha value is -2.55. The van der Waals surface area contributed by atoms with Crippen molar-refractivity contribution in [1.29, 1.82) is 0 Å². The fourth-order valence-electron chi connectivity index (χ4n) is 2.31. The van der Waals surface area contributed by atoms with Crippen LogP contribution in [0, 0.1) is 0 Å². The van der Waals surface area contributed by atoms with E-state index in [1.165, 1.54) is 25.4 Å². The maximum atomic E-state index is 12.6. The monoisotopic (exact) mass is 359 g/mol. The quantitative estimate of drug-likeness (QED) is 0.848. The van der Waals surface area contributed by atoms with Crippen molar-refractivity contribution < 1.29 is 18.4 Å². The molecule has 0 bridgehead atoms. The highest BCUT2D eigenvalue weighted by molar-refractivity contribution is 7.89. The summed E-state index contributed by atoms with van der Waals surface area (Å²) in [5.41, 5.74) is 1.72. The van der Waals surface area contributed by atoms with E-state index in [-0.39, 0.29) is 11.4 Å². The van der Waals surface area contributed by atoms with E-state index in [1.807, 2.05) is 6.08 Å². The highest BCUT2D eigenvalue weighted by Gasteiger charge is 2.21. The molecule has 25 heavy (non-hydrogen) atoms. The molecule has 1 unspecified atom stereocenters. The van der Waals surface area contributed by atoms with Gasteiger partial charge in [0.15, 0.2) is 5.75 Å². The first kappa shape index (κ1) is 17.3. The average molecular weight is 359 g/mol. The normalized spacial score (nSPS) is 14.5. The molecule has 0 radical (unpaired) electrons. The fraction of sp³-hybridized carbons (Fsp3) is 0.176. The minimum atomic E-state index is -3.81. The van der Waals surface area contributed by atoms with Crippen LogP contribution in [0.4, 0.5) is 0 Å². The molecule has 2 aromatic rings. The topological polar surface area (TPSA) is 101 Å². The van der Waals surface area contributed by atoms with Gasteiger partial charge in [0.25, 0.3) is 0 Å². The van der Waals surface area contributed by atoms with Gasteiger partial charge in [-0.15, -0.1) is 0 Å². The third-order valence-corrected chi connectivity index (χ3v) is 4.94. The second-order valence-corrected chi connectivity index (χ2v) is 7.24. The summed E-state index contributed by atoms with van der Waals surface area (Å²) in [5.74, 6) is 0.571. The Labute approximate surface area is 145 Å². The highest BCUT2D eigenvalue weighted by atomic mass is 32.2. The van der Waals surface area contributed by atoms with Crippen LogP contribution in [-0.4, -0.2) is 37.4 Å². The number of fused-ring (bicyclic) bond motifs is 1. The molecule has 0 saturated heterocycles. The lowest BCUT2D eigenvalue weighted by molar-refractivity contribution is 0.198. The lowest BCUT2D eigenvalue weighted by Gasteiger charge is -2.12. The maximum Gasteiger partial charge on any atom is 0.242 e. The van der Waals surface area contributed by atoms with Crippen LogP contribution < -0.4 is 9.56 Å². The predicted octanol–water partition coefficient (Wildman–Crippen LogP) is 1.80. The Morgan fingerprint density at radius 1 is 1.32 bits per heavy atom. The van der Waals surface area contributed by atoms with E-state index in [0.717, 1.165) is 5.56 Å². The number of aliphatic hydroxyl groups is 1. The van der Waals surface area contributed by atoms with Gasteiger partial charge < -0.3 is 9.94 Å². The van der Waals surface area contributed by atoms with E-state index in [1.54, 1.807) is 30.3 Å². The summed E-state index contributed by atoms with van der Waals surface area (Å²) in [6, 6.07) is 8.26. The zero-order chi connectivity index (χ0) is 17.9. The number of aromatic nitrogens is 1. The third-order valence-electron chi connectivity index (χ3n) is 3.49. The van der Waals surface area contributed by atoms with Gasteiger partial charge in [-0.1, -0.05) is 5.16 Å². The summed E-state index contributed by atoms with van der Waals surface area (Å²) < 4.78 is 27.5. The van der Waals surface area contributed by atoms with Crippen LogP contribution in [-0.2, 0) is 10.0 Å². The lowest BCUT2D eigenvalue weighted by atomic mass is 10.1. The Bertz CT molecular complexity index is 937. The number of hydrogen-bond acceptors (Lipinski definition) is 6. The van der Waals surface area contributed by atoms with Crippen LogP contribution in [0.1, 0.15) is 12.5 Å². The van der Waals surface area contributed by atoms with Crippen LogP contribution in [0.15, 0.2) is 52.7 Å². The largest absolute Gasteiger partial charge is 0.392 e. The zero-order valence-electron chi connectivity index (χ0n) is 13.5. The van der Waals surface area contributed by atoms with Crippen LogP contribution in [0.25, 0.3) is 17.3 Å². The van der Waals surface area contributed by atoms with Gasteiger partial charge in [-0.05, 0) is 49.4 Å². The van der Waals surface area contributed by atoms with Gasteiger partial charge in [0.1, 0.15) is 4.90 Å². The zero-order valence-corrected chi connectivity index (χ0v) is 14.3. The van der Waals surface area contributed by atoms with E-state index >= 15 is 0 Å². The Kier molecular flexibility index (Phi) is 4.93. The number of aliphatic hydroxyl groups excluding tert-OH is 1. The molecular formula is C17H17N3O4S. The van der Waals surface area contributed by atoms with E-state index in [0.29, 0.717) is 17.0 Å². The van der Waals surface area contributed by atoms with E-state index in [9.17, 15) is 13.5 Å². The number of allylic oxidation sites excluding steroid dienone is 1. The second kappa shape index (κ2) is 7.14. The van der Waals surface area contributed by atoms with Gasteiger partial charge in [0.05, 0.1) is 18.0 Å². The van der Waals surface area contributed by atoms with E-state index in [4.69, 9.17) is 4.84 Å². The Morgan fingerprint density at radius 3 is 2.96 bits per heavy atom. The first-order valence-corrected chi connectivity index (χ1v) is 9.10. The Morgan fingerprint density at radius 2 is 2.16 bits per heavy atom. The highest BCUT2D eigenvalue weighted by Crippen LogP contribution is 2.30. The molecule has 2 heterocycles. The first-order valence-electron chi connectivity index (χ1n) is 7.61. The number of oxime groups is 1. The second-order valence-electron chi connectivity index (χ2n) is 5.51.